The smallest absolute Gasteiger partial charge is 0.220 e. The van der Waals surface area contributed by atoms with Crippen LogP contribution in [0.2, 0.25) is 0 Å². The molecule has 0 heterocycles. The van der Waals surface area contributed by atoms with Gasteiger partial charge in [0.15, 0.2) is 0 Å². The van der Waals surface area contributed by atoms with E-state index >= 15 is 0 Å². The van der Waals surface area contributed by atoms with Gasteiger partial charge in [0.2, 0.25) is 5.91 Å². The molecule has 0 atom stereocenters. The molecule has 1 saturated carbocycles. The van der Waals surface area contributed by atoms with Crippen LogP contribution in [0.1, 0.15) is 129 Å². The van der Waals surface area contributed by atoms with Gasteiger partial charge in [-0.15, -0.1) is 0 Å². The number of amides is 1. The van der Waals surface area contributed by atoms with E-state index in [2.05, 4.69) is 12.2 Å². The van der Waals surface area contributed by atoms with E-state index in [1.54, 1.807) is 0 Å². The molecule has 1 rings (SSSR count). The van der Waals surface area contributed by atoms with E-state index in [1.165, 1.54) is 109 Å². The molecule has 0 saturated heterocycles. The van der Waals surface area contributed by atoms with Crippen LogP contribution in [0.3, 0.4) is 0 Å². The Kier molecular flexibility index (Phi) is 14.3. The summed E-state index contributed by atoms with van der Waals surface area (Å²) in [5, 5.41) is 3.22. The van der Waals surface area contributed by atoms with Gasteiger partial charge < -0.3 is 5.32 Å². The summed E-state index contributed by atoms with van der Waals surface area (Å²) in [5.41, 5.74) is 0. The molecule has 0 aliphatic heterocycles. The fourth-order valence-corrected chi connectivity index (χ4v) is 3.85. The van der Waals surface area contributed by atoms with Gasteiger partial charge in [0.05, 0.1) is 0 Å². The number of carbonyl (C=O) groups is 1. The van der Waals surface area contributed by atoms with Crippen LogP contribution >= 0.6 is 0 Å². The Hall–Kier alpha value is -0.530. The molecule has 1 amide bonds. The van der Waals surface area contributed by atoms with Gasteiger partial charge in [0.1, 0.15) is 0 Å². The van der Waals surface area contributed by atoms with E-state index in [1.807, 2.05) is 0 Å². The van der Waals surface area contributed by atoms with Crippen LogP contribution in [0.15, 0.2) is 0 Å². The highest BCUT2D eigenvalue weighted by Crippen LogP contribution is 2.18. The SMILES string of the molecule is CCCCCCCCCCCCCCCC(=O)NC1CCCCC1. The maximum atomic E-state index is 11.9. The molecule has 0 spiro atoms. The van der Waals surface area contributed by atoms with E-state index < -0.39 is 0 Å². The van der Waals surface area contributed by atoms with Crippen molar-refractivity contribution in [2.75, 3.05) is 0 Å². The number of unbranched alkanes of at least 4 members (excludes halogenated alkanes) is 12. The summed E-state index contributed by atoms with van der Waals surface area (Å²) in [5.74, 6) is 0.296. The van der Waals surface area contributed by atoms with E-state index in [0.717, 1.165) is 12.8 Å². The summed E-state index contributed by atoms with van der Waals surface area (Å²) in [7, 11) is 0. The van der Waals surface area contributed by atoms with Gasteiger partial charge in [-0.25, -0.2) is 0 Å². The van der Waals surface area contributed by atoms with Crippen LogP contribution < -0.4 is 5.32 Å². The molecule has 1 aliphatic rings. The maximum Gasteiger partial charge on any atom is 0.220 e. The molecule has 2 heteroatoms. The first kappa shape index (κ1) is 21.5. The standard InChI is InChI=1S/C22H43NO/c1-2-3-4-5-6-7-8-9-10-11-12-13-17-20-22(24)23-21-18-15-14-16-19-21/h21H,2-20H2,1H3,(H,23,24). The predicted octanol–water partition coefficient (Wildman–Crippen LogP) is 6.92. The summed E-state index contributed by atoms with van der Waals surface area (Å²) < 4.78 is 0. The van der Waals surface area contributed by atoms with Gasteiger partial charge >= 0.3 is 0 Å². The minimum atomic E-state index is 0.296. The Bertz CT molecular complexity index is 284. The number of hydrogen-bond acceptors (Lipinski definition) is 1. The first-order valence-corrected chi connectivity index (χ1v) is 11.1. The van der Waals surface area contributed by atoms with Gasteiger partial charge in [-0.05, 0) is 19.3 Å². The first-order chi connectivity index (χ1) is 11.8. The second-order valence-corrected chi connectivity index (χ2v) is 7.90. The highest BCUT2D eigenvalue weighted by Gasteiger charge is 2.14. The highest BCUT2D eigenvalue weighted by atomic mass is 16.1. The van der Waals surface area contributed by atoms with Crippen LogP contribution in [0.25, 0.3) is 0 Å². The Labute approximate surface area is 151 Å². The van der Waals surface area contributed by atoms with Crippen molar-refractivity contribution in [2.45, 2.75) is 135 Å². The molecule has 0 aromatic heterocycles. The molecule has 0 radical (unpaired) electrons. The molecular weight excluding hydrogens is 294 g/mol. The average molecular weight is 338 g/mol. The largest absolute Gasteiger partial charge is 0.353 e. The highest BCUT2D eigenvalue weighted by molar-refractivity contribution is 5.76. The molecule has 0 bridgehead atoms. The zero-order chi connectivity index (χ0) is 17.3. The van der Waals surface area contributed by atoms with Crippen LogP contribution in [-0.2, 0) is 4.79 Å². The van der Waals surface area contributed by atoms with Gasteiger partial charge in [0.25, 0.3) is 0 Å². The van der Waals surface area contributed by atoms with Crippen molar-refractivity contribution in [1.29, 1.82) is 0 Å². The lowest BCUT2D eigenvalue weighted by atomic mass is 9.95. The maximum absolute atomic E-state index is 11.9. The van der Waals surface area contributed by atoms with Crippen molar-refractivity contribution in [2.24, 2.45) is 0 Å². The summed E-state index contributed by atoms with van der Waals surface area (Å²) >= 11 is 0. The summed E-state index contributed by atoms with van der Waals surface area (Å²) in [6.07, 6.45) is 24.8. The molecule has 1 fully saturated rings. The molecule has 0 aromatic rings. The van der Waals surface area contributed by atoms with Crippen LogP contribution in [0.5, 0.6) is 0 Å². The van der Waals surface area contributed by atoms with E-state index in [-0.39, 0.29) is 0 Å². The second kappa shape index (κ2) is 16.0. The minimum Gasteiger partial charge on any atom is -0.353 e. The molecule has 24 heavy (non-hydrogen) atoms. The Morgan fingerprint density at radius 1 is 0.708 bits per heavy atom. The van der Waals surface area contributed by atoms with E-state index in [4.69, 9.17) is 0 Å². The Morgan fingerprint density at radius 3 is 1.67 bits per heavy atom. The normalized spacial score (nSPS) is 15.5. The van der Waals surface area contributed by atoms with Crippen LogP contribution in [0.4, 0.5) is 0 Å². The van der Waals surface area contributed by atoms with Crippen molar-refractivity contribution in [1.82, 2.24) is 5.32 Å². The van der Waals surface area contributed by atoms with Crippen molar-refractivity contribution < 1.29 is 4.79 Å². The number of hydrogen-bond donors (Lipinski definition) is 1. The average Bonchev–Trinajstić information content (AvgIpc) is 2.60. The topological polar surface area (TPSA) is 29.1 Å². The van der Waals surface area contributed by atoms with Gasteiger partial charge in [-0.1, -0.05) is 103 Å². The summed E-state index contributed by atoms with van der Waals surface area (Å²) in [4.78, 5) is 11.9. The van der Waals surface area contributed by atoms with Crippen LogP contribution in [-0.4, -0.2) is 11.9 Å². The minimum absolute atomic E-state index is 0.296. The molecule has 2 nitrogen and oxygen atoms in total. The van der Waals surface area contributed by atoms with Gasteiger partial charge in [-0.3, -0.25) is 4.79 Å². The van der Waals surface area contributed by atoms with E-state index in [0.29, 0.717) is 11.9 Å². The third-order valence-corrected chi connectivity index (χ3v) is 5.48. The van der Waals surface area contributed by atoms with E-state index in [9.17, 15) is 4.79 Å². The van der Waals surface area contributed by atoms with Crippen LogP contribution in [0, 0.1) is 0 Å². The van der Waals surface area contributed by atoms with Gasteiger partial charge in [0, 0.05) is 12.5 Å². The van der Waals surface area contributed by atoms with Gasteiger partial charge in [-0.2, -0.15) is 0 Å². The molecule has 0 unspecified atom stereocenters. The summed E-state index contributed by atoms with van der Waals surface area (Å²) in [6, 6.07) is 0.480. The lowest BCUT2D eigenvalue weighted by Gasteiger charge is -2.22. The second-order valence-electron chi connectivity index (χ2n) is 7.90. The zero-order valence-electron chi connectivity index (χ0n) is 16.4. The number of nitrogens with one attached hydrogen (secondary N) is 1. The predicted molar refractivity (Wildman–Crippen MR) is 105 cm³/mol. The Balaban J connectivity index is 1.76. The lowest BCUT2D eigenvalue weighted by Crippen LogP contribution is -2.35. The number of rotatable bonds is 15. The molecule has 142 valence electrons. The van der Waals surface area contributed by atoms with Crippen molar-refractivity contribution >= 4 is 5.91 Å². The first-order valence-electron chi connectivity index (χ1n) is 11.1. The van der Waals surface area contributed by atoms with Crippen molar-refractivity contribution in [3.05, 3.63) is 0 Å². The quantitative estimate of drug-likeness (QED) is 0.323. The van der Waals surface area contributed by atoms with Crippen molar-refractivity contribution in [3.63, 3.8) is 0 Å². The lowest BCUT2D eigenvalue weighted by molar-refractivity contribution is -0.122. The summed E-state index contributed by atoms with van der Waals surface area (Å²) in [6.45, 7) is 2.28. The molecule has 1 N–H and O–H groups in total. The molecule has 0 aromatic carbocycles. The molecular formula is C22H43NO. The number of carbonyl (C=O) groups excluding carboxylic acids is 1. The fourth-order valence-electron chi connectivity index (χ4n) is 3.85. The molecule has 1 aliphatic carbocycles. The Morgan fingerprint density at radius 2 is 1.17 bits per heavy atom. The third kappa shape index (κ3) is 12.8. The van der Waals surface area contributed by atoms with Crippen molar-refractivity contribution in [3.8, 4) is 0 Å². The monoisotopic (exact) mass is 337 g/mol. The third-order valence-electron chi connectivity index (χ3n) is 5.48. The zero-order valence-corrected chi connectivity index (χ0v) is 16.4. The fraction of sp³-hybridized carbons (Fsp3) is 0.955.